The van der Waals surface area contributed by atoms with E-state index in [2.05, 4.69) is 31.6 Å². The molecule has 188 valence electrons. The van der Waals surface area contributed by atoms with Gasteiger partial charge in [-0.1, -0.05) is 5.16 Å². The minimum atomic E-state index is -0.563. The Morgan fingerprint density at radius 1 is 1.20 bits per heavy atom. The minimum absolute atomic E-state index is 0.131. The summed E-state index contributed by atoms with van der Waals surface area (Å²) in [4.78, 5) is 14.2. The molecule has 1 fully saturated rings. The van der Waals surface area contributed by atoms with Crippen LogP contribution in [0.2, 0.25) is 0 Å². The van der Waals surface area contributed by atoms with Crippen molar-refractivity contribution in [2.45, 2.75) is 72.1 Å². The number of aromatic hydroxyl groups is 1. The van der Waals surface area contributed by atoms with Crippen LogP contribution in [-0.2, 0) is 17.8 Å². The number of alkyl carbamates (subject to hydrolysis) is 1. The third-order valence-electron chi connectivity index (χ3n) is 5.91. The molecule has 1 saturated heterocycles. The van der Waals surface area contributed by atoms with Crippen LogP contribution in [0, 0.1) is 13.8 Å². The Morgan fingerprint density at radius 2 is 1.94 bits per heavy atom. The Kier molecular flexibility index (Phi) is 7.11. The third-order valence-corrected chi connectivity index (χ3v) is 5.91. The molecule has 3 heterocycles. The first-order valence-electron chi connectivity index (χ1n) is 11.8. The van der Waals surface area contributed by atoms with Crippen molar-refractivity contribution in [3.8, 4) is 16.9 Å². The van der Waals surface area contributed by atoms with Crippen LogP contribution in [-0.4, -0.2) is 50.1 Å². The number of likely N-dealkylation sites (tertiary alicyclic amines) is 1. The van der Waals surface area contributed by atoms with Gasteiger partial charge in [0.2, 0.25) is 11.8 Å². The summed E-state index contributed by atoms with van der Waals surface area (Å²) in [5.74, 6) is 2.10. The fourth-order valence-corrected chi connectivity index (χ4v) is 4.37. The molecule has 3 aromatic rings. The van der Waals surface area contributed by atoms with Gasteiger partial charge in [0.25, 0.3) is 0 Å². The van der Waals surface area contributed by atoms with Crippen molar-refractivity contribution in [3.63, 3.8) is 0 Å². The number of ether oxygens (including phenoxy) is 1. The molecule has 10 nitrogen and oxygen atoms in total. The Labute approximate surface area is 204 Å². The number of piperidine rings is 1. The number of phenols is 1. The molecule has 0 saturated carbocycles. The first-order valence-corrected chi connectivity index (χ1v) is 11.8. The second-order valence-corrected chi connectivity index (χ2v) is 10.0. The van der Waals surface area contributed by atoms with E-state index in [0.29, 0.717) is 11.8 Å². The van der Waals surface area contributed by atoms with Crippen molar-refractivity contribution < 1.29 is 23.6 Å². The van der Waals surface area contributed by atoms with Crippen molar-refractivity contribution in [1.82, 2.24) is 25.6 Å². The number of aryl methyl sites for hydroxylation is 2. The summed E-state index contributed by atoms with van der Waals surface area (Å²) in [7, 11) is 0. The highest BCUT2D eigenvalue weighted by molar-refractivity contribution is 5.69. The highest BCUT2D eigenvalue weighted by Gasteiger charge is 2.26. The summed E-state index contributed by atoms with van der Waals surface area (Å²) >= 11 is 0. The first kappa shape index (κ1) is 24.7. The van der Waals surface area contributed by atoms with Crippen LogP contribution in [0.15, 0.2) is 27.1 Å². The Bertz CT molecular complexity index is 1150. The largest absolute Gasteiger partial charge is 0.508 e. The van der Waals surface area contributed by atoms with E-state index in [1.54, 1.807) is 12.1 Å². The van der Waals surface area contributed by atoms with E-state index in [1.165, 1.54) is 0 Å². The van der Waals surface area contributed by atoms with Gasteiger partial charge in [0, 0.05) is 18.0 Å². The second kappa shape index (κ2) is 10.1. The Morgan fingerprint density at radius 3 is 2.60 bits per heavy atom. The lowest BCUT2D eigenvalue weighted by Gasteiger charge is -2.30. The molecule has 35 heavy (non-hydrogen) atoms. The van der Waals surface area contributed by atoms with Crippen LogP contribution in [0.25, 0.3) is 11.1 Å². The summed E-state index contributed by atoms with van der Waals surface area (Å²) in [6, 6.07) is 5.63. The lowest BCUT2D eigenvalue weighted by molar-refractivity contribution is 0.0518. The maximum Gasteiger partial charge on any atom is 0.408 e. The van der Waals surface area contributed by atoms with Gasteiger partial charge >= 0.3 is 6.09 Å². The number of rotatable bonds is 6. The van der Waals surface area contributed by atoms with E-state index < -0.39 is 11.7 Å². The highest BCUT2D eigenvalue weighted by Crippen LogP contribution is 2.32. The molecule has 2 N–H and O–H groups in total. The predicted octanol–water partition coefficient (Wildman–Crippen LogP) is 4.45. The van der Waals surface area contributed by atoms with Gasteiger partial charge in [-0.2, -0.15) is 0 Å². The summed E-state index contributed by atoms with van der Waals surface area (Å²) in [6.07, 6.45) is 1.25. The quantitative estimate of drug-likeness (QED) is 0.523. The van der Waals surface area contributed by atoms with Gasteiger partial charge in [-0.3, -0.25) is 4.90 Å². The van der Waals surface area contributed by atoms with Crippen molar-refractivity contribution >= 4 is 6.09 Å². The van der Waals surface area contributed by atoms with Gasteiger partial charge in [-0.05, 0) is 89.9 Å². The van der Waals surface area contributed by atoms with Crippen LogP contribution < -0.4 is 5.32 Å². The summed E-state index contributed by atoms with van der Waals surface area (Å²) in [5.41, 5.74) is 3.11. The number of hydrogen-bond acceptors (Lipinski definition) is 9. The maximum absolute atomic E-state index is 11.8. The van der Waals surface area contributed by atoms with Crippen LogP contribution in [0.5, 0.6) is 5.75 Å². The molecule has 0 radical (unpaired) electrons. The standard InChI is InChI=1S/C25H33N5O5/c1-15-22(16(2)35-29-15)19-10-17(11-20(31)12-19)14-30-8-6-18(7-9-30)23-28-27-21(33-23)13-26-24(32)34-25(3,4)5/h10-12,18,31H,6-9,13-14H2,1-5H3,(H,26,32). The van der Waals surface area contributed by atoms with E-state index in [0.717, 1.165) is 60.6 Å². The van der Waals surface area contributed by atoms with Crippen LogP contribution >= 0.6 is 0 Å². The minimum Gasteiger partial charge on any atom is -0.508 e. The van der Waals surface area contributed by atoms with Crippen molar-refractivity contribution in [3.05, 3.63) is 47.0 Å². The number of nitrogens with one attached hydrogen (secondary N) is 1. The Balaban J connectivity index is 1.31. The zero-order valence-electron chi connectivity index (χ0n) is 20.9. The van der Waals surface area contributed by atoms with E-state index in [4.69, 9.17) is 13.7 Å². The van der Waals surface area contributed by atoms with E-state index in [1.807, 2.05) is 34.6 Å². The number of hydrogen-bond donors (Lipinski definition) is 2. The average Bonchev–Trinajstić information content (AvgIpc) is 3.37. The number of nitrogens with zero attached hydrogens (tertiary/aromatic N) is 4. The fraction of sp³-hybridized carbons (Fsp3) is 0.520. The second-order valence-electron chi connectivity index (χ2n) is 10.0. The number of carbonyl (C=O) groups excluding carboxylic acids is 1. The van der Waals surface area contributed by atoms with Crippen LogP contribution in [0.4, 0.5) is 4.79 Å². The molecule has 2 aromatic heterocycles. The Hall–Kier alpha value is -3.40. The van der Waals surface area contributed by atoms with Crippen molar-refractivity contribution in [2.75, 3.05) is 13.1 Å². The van der Waals surface area contributed by atoms with Gasteiger partial charge in [-0.15, -0.1) is 10.2 Å². The van der Waals surface area contributed by atoms with Gasteiger partial charge in [-0.25, -0.2) is 4.79 Å². The summed E-state index contributed by atoms with van der Waals surface area (Å²) in [5, 5.41) is 25.2. The maximum atomic E-state index is 11.8. The molecule has 0 atom stereocenters. The molecular formula is C25H33N5O5. The lowest BCUT2D eigenvalue weighted by Crippen LogP contribution is -2.32. The molecule has 4 rings (SSSR count). The summed E-state index contributed by atoms with van der Waals surface area (Å²) < 4.78 is 16.3. The summed E-state index contributed by atoms with van der Waals surface area (Å²) in [6.45, 7) is 11.8. The first-order chi connectivity index (χ1) is 16.6. The van der Waals surface area contributed by atoms with Crippen LogP contribution in [0.1, 0.15) is 68.3 Å². The molecule has 10 heteroatoms. The topological polar surface area (TPSA) is 127 Å². The SMILES string of the molecule is Cc1noc(C)c1-c1cc(O)cc(CN2CCC(c3nnc(CNC(=O)OC(C)(C)C)o3)CC2)c1. The van der Waals surface area contributed by atoms with Gasteiger partial charge in [0.05, 0.1) is 12.2 Å². The van der Waals surface area contributed by atoms with Gasteiger partial charge < -0.3 is 24.1 Å². The molecule has 0 bridgehead atoms. The third kappa shape index (κ3) is 6.39. The molecular weight excluding hydrogens is 450 g/mol. The number of benzene rings is 1. The van der Waals surface area contributed by atoms with Crippen molar-refractivity contribution in [2.24, 2.45) is 0 Å². The van der Waals surface area contributed by atoms with Gasteiger partial charge in [0.1, 0.15) is 17.1 Å². The molecule has 0 spiro atoms. The lowest BCUT2D eigenvalue weighted by atomic mass is 9.96. The number of phenolic OH excluding ortho intramolecular Hbond substituents is 1. The van der Waals surface area contributed by atoms with Gasteiger partial charge in [0.15, 0.2) is 0 Å². The monoisotopic (exact) mass is 483 g/mol. The molecule has 1 aliphatic rings. The molecule has 1 amide bonds. The highest BCUT2D eigenvalue weighted by atomic mass is 16.6. The molecule has 0 aliphatic carbocycles. The predicted molar refractivity (Wildman–Crippen MR) is 128 cm³/mol. The fourth-order valence-electron chi connectivity index (χ4n) is 4.37. The number of amides is 1. The molecule has 1 aromatic carbocycles. The zero-order valence-corrected chi connectivity index (χ0v) is 20.9. The van der Waals surface area contributed by atoms with Crippen LogP contribution in [0.3, 0.4) is 0 Å². The normalized spacial score (nSPS) is 15.3. The van der Waals surface area contributed by atoms with E-state index >= 15 is 0 Å². The zero-order chi connectivity index (χ0) is 25.2. The van der Waals surface area contributed by atoms with E-state index in [-0.39, 0.29) is 18.2 Å². The molecule has 0 unspecified atom stereocenters. The van der Waals surface area contributed by atoms with E-state index in [9.17, 15) is 9.90 Å². The average molecular weight is 484 g/mol. The number of aromatic nitrogens is 3. The number of carbonyl (C=O) groups is 1. The van der Waals surface area contributed by atoms with Crippen molar-refractivity contribution in [1.29, 1.82) is 0 Å². The smallest absolute Gasteiger partial charge is 0.408 e. The molecule has 1 aliphatic heterocycles.